The Kier molecular flexibility index (Phi) is 4.95. The number of carbonyl (C=O) groups is 1. The molecule has 0 unspecified atom stereocenters. The summed E-state index contributed by atoms with van der Waals surface area (Å²) in [7, 11) is 4.06. The van der Waals surface area contributed by atoms with Crippen LogP contribution in [0.2, 0.25) is 0 Å². The maximum absolute atomic E-state index is 10.9. The molecule has 0 spiro atoms. The summed E-state index contributed by atoms with van der Waals surface area (Å²) in [5, 5.41) is 3.28. The average molecular weight is 220 g/mol. The average Bonchev–Trinajstić information content (AvgIpc) is 2.24. The molecule has 16 heavy (non-hydrogen) atoms. The van der Waals surface area contributed by atoms with Gasteiger partial charge in [0.25, 0.3) is 5.91 Å². The van der Waals surface area contributed by atoms with E-state index in [1.54, 1.807) is 12.1 Å². The second-order valence-electron chi connectivity index (χ2n) is 4.01. The summed E-state index contributed by atoms with van der Waals surface area (Å²) in [5.41, 5.74) is 8.51. The van der Waals surface area contributed by atoms with E-state index in [1.807, 2.05) is 26.2 Å². The van der Waals surface area contributed by atoms with Crippen LogP contribution in [-0.4, -0.2) is 38.0 Å². The highest BCUT2D eigenvalue weighted by atomic mass is 16.1. The molecule has 0 saturated carbocycles. The van der Waals surface area contributed by atoms with E-state index in [2.05, 4.69) is 10.2 Å². The van der Waals surface area contributed by atoms with Crippen LogP contribution in [0.25, 0.3) is 0 Å². The minimum atomic E-state index is -0.629. The number of amides is 1. The molecule has 1 aromatic rings. The van der Waals surface area contributed by atoms with Crippen molar-refractivity contribution in [2.24, 2.45) is 0 Å². The Morgan fingerprint density at radius 2 is 2.19 bits per heavy atom. The smallest absolute Gasteiger partial charge is 0.269 e. The molecule has 4 nitrogen and oxygen atoms in total. The Morgan fingerprint density at radius 3 is 2.81 bits per heavy atom. The number of rotatable bonds is 6. The molecule has 1 amide bonds. The van der Waals surface area contributed by atoms with E-state index in [0.29, 0.717) is 5.56 Å². The Morgan fingerprint density at radius 1 is 1.44 bits per heavy atom. The first kappa shape index (κ1) is 12.7. The highest BCUT2D eigenvalue weighted by Crippen LogP contribution is 2.04. The SMILES string of the molecule is CN(C)CCNCc1cccc(C([NH])=O)c1. The number of hydrogen-bond acceptors (Lipinski definition) is 3. The first-order valence-electron chi connectivity index (χ1n) is 5.30. The molecule has 0 aromatic heterocycles. The van der Waals surface area contributed by atoms with Crippen LogP contribution in [0.3, 0.4) is 0 Å². The molecule has 0 aliphatic heterocycles. The molecule has 2 N–H and O–H groups in total. The van der Waals surface area contributed by atoms with Crippen LogP contribution in [0, 0.1) is 0 Å². The summed E-state index contributed by atoms with van der Waals surface area (Å²) in [6, 6.07) is 7.19. The molecule has 0 saturated heterocycles. The molecule has 87 valence electrons. The van der Waals surface area contributed by atoms with Gasteiger partial charge in [0.15, 0.2) is 0 Å². The molecule has 0 atom stereocenters. The van der Waals surface area contributed by atoms with Gasteiger partial charge in [-0.2, -0.15) is 0 Å². The lowest BCUT2D eigenvalue weighted by atomic mass is 10.1. The van der Waals surface area contributed by atoms with E-state index < -0.39 is 5.91 Å². The third-order valence-electron chi connectivity index (χ3n) is 2.25. The largest absolute Gasteiger partial charge is 0.311 e. The summed E-state index contributed by atoms with van der Waals surface area (Å²) < 4.78 is 0. The van der Waals surface area contributed by atoms with Gasteiger partial charge in [0, 0.05) is 25.2 Å². The number of nitrogens with zero attached hydrogens (tertiary/aromatic N) is 1. The van der Waals surface area contributed by atoms with Crippen molar-refractivity contribution in [1.82, 2.24) is 16.0 Å². The van der Waals surface area contributed by atoms with E-state index in [1.165, 1.54) is 0 Å². The fourth-order valence-corrected chi connectivity index (χ4v) is 1.36. The lowest BCUT2D eigenvalue weighted by Gasteiger charge is -2.10. The van der Waals surface area contributed by atoms with E-state index in [-0.39, 0.29) is 0 Å². The van der Waals surface area contributed by atoms with E-state index >= 15 is 0 Å². The van der Waals surface area contributed by atoms with Crippen LogP contribution in [0.15, 0.2) is 24.3 Å². The molecule has 0 aliphatic carbocycles. The maximum atomic E-state index is 10.9. The predicted molar refractivity (Wildman–Crippen MR) is 64.1 cm³/mol. The van der Waals surface area contributed by atoms with Crippen LogP contribution in [0.4, 0.5) is 0 Å². The van der Waals surface area contributed by atoms with Crippen molar-refractivity contribution in [3.8, 4) is 0 Å². The first-order valence-corrected chi connectivity index (χ1v) is 5.30. The number of hydrogen-bond donors (Lipinski definition) is 1. The molecule has 1 radical (unpaired) electrons. The molecular formula is C12H18N3O. The Labute approximate surface area is 96.4 Å². The zero-order chi connectivity index (χ0) is 12.0. The highest BCUT2D eigenvalue weighted by molar-refractivity contribution is 5.92. The van der Waals surface area contributed by atoms with Gasteiger partial charge < -0.3 is 10.2 Å². The monoisotopic (exact) mass is 220 g/mol. The molecule has 1 aromatic carbocycles. The molecule has 0 bridgehead atoms. The zero-order valence-electron chi connectivity index (χ0n) is 9.79. The van der Waals surface area contributed by atoms with Gasteiger partial charge in [-0.3, -0.25) is 10.5 Å². The summed E-state index contributed by atoms with van der Waals surface area (Å²) >= 11 is 0. The third kappa shape index (κ3) is 4.42. The lowest BCUT2D eigenvalue weighted by Crippen LogP contribution is -2.26. The summed E-state index contributed by atoms with van der Waals surface area (Å²) in [6.45, 7) is 2.62. The van der Waals surface area contributed by atoms with Crippen LogP contribution in [0.5, 0.6) is 0 Å². The summed E-state index contributed by atoms with van der Waals surface area (Å²) in [6.07, 6.45) is 0. The van der Waals surface area contributed by atoms with Crippen molar-refractivity contribution in [1.29, 1.82) is 0 Å². The molecular weight excluding hydrogens is 202 g/mol. The van der Waals surface area contributed by atoms with Gasteiger partial charge >= 0.3 is 0 Å². The Balaban J connectivity index is 2.42. The van der Waals surface area contributed by atoms with E-state index in [0.717, 1.165) is 25.2 Å². The van der Waals surface area contributed by atoms with Crippen LogP contribution < -0.4 is 11.1 Å². The number of carbonyl (C=O) groups excluding carboxylic acids is 1. The molecule has 0 heterocycles. The summed E-state index contributed by atoms with van der Waals surface area (Å²) in [4.78, 5) is 13.0. The quantitative estimate of drug-likeness (QED) is 0.720. The normalized spacial score (nSPS) is 10.7. The van der Waals surface area contributed by atoms with Crippen LogP contribution in [0.1, 0.15) is 15.9 Å². The van der Waals surface area contributed by atoms with Gasteiger partial charge in [0.05, 0.1) is 0 Å². The maximum Gasteiger partial charge on any atom is 0.269 e. The minimum absolute atomic E-state index is 0.451. The molecule has 1 rings (SSSR count). The van der Waals surface area contributed by atoms with Crippen LogP contribution in [-0.2, 0) is 6.54 Å². The van der Waals surface area contributed by atoms with E-state index in [4.69, 9.17) is 5.73 Å². The molecule has 4 heteroatoms. The molecule has 0 aliphatic rings. The number of nitrogens with one attached hydrogen (secondary N) is 2. The van der Waals surface area contributed by atoms with Crippen molar-refractivity contribution in [2.75, 3.05) is 27.2 Å². The highest BCUT2D eigenvalue weighted by Gasteiger charge is 2.01. The van der Waals surface area contributed by atoms with Crippen molar-refractivity contribution < 1.29 is 4.79 Å². The fourth-order valence-electron chi connectivity index (χ4n) is 1.36. The lowest BCUT2D eigenvalue weighted by molar-refractivity contribution is 0.0992. The van der Waals surface area contributed by atoms with Gasteiger partial charge in [0.2, 0.25) is 0 Å². The van der Waals surface area contributed by atoms with Crippen molar-refractivity contribution >= 4 is 5.91 Å². The third-order valence-corrected chi connectivity index (χ3v) is 2.25. The van der Waals surface area contributed by atoms with Crippen molar-refractivity contribution in [3.05, 3.63) is 35.4 Å². The van der Waals surface area contributed by atoms with Crippen molar-refractivity contribution in [2.45, 2.75) is 6.54 Å². The first-order chi connectivity index (χ1) is 7.59. The number of benzene rings is 1. The van der Waals surface area contributed by atoms with E-state index in [9.17, 15) is 4.79 Å². The topological polar surface area (TPSA) is 56.1 Å². The van der Waals surface area contributed by atoms with Gasteiger partial charge in [-0.15, -0.1) is 0 Å². The standard InChI is InChI=1S/C12H18N3O/c1-15(2)7-6-14-9-10-4-3-5-11(8-10)12(13)16/h3-5,8,13-14H,6-7,9H2,1-2H3. The number of likely N-dealkylation sites (N-methyl/N-ethyl adjacent to an activating group) is 1. The Hall–Kier alpha value is -1.39. The Bertz CT molecular complexity index is 350. The second-order valence-corrected chi connectivity index (χ2v) is 4.01. The predicted octanol–water partition coefficient (Wildman–Crippen LogP) is 0.761. The van der Waals surface area contributed by atoms with Gasteiger partial charge in [-0.1, -0.05) is 12.1 Å². The second kappa shape index (κ2) is 6.25. The molecule has 0 fully saturated rings. The minimum Gasteiger partial charge on any atom is -0.311 e. The van der Waals surface area contributed by atoms with Gasteiger partial charge in [-0.05, 0) is 31.8 Å². The van der Waals surface area contributed by atoms with Gasteiger partial charge in [0.1, 0.15) is 0 Å². The summed E-state index contributed by atoms with van der Waals surface area (Å²) in [5.74, 6) is -0.629. The van der Waals surface area contributed by atoms with Gasteiger partial charge in [-0.25, -0.2) is 0 Å². The van der Waals surface area contributed by atoms with Crippen LogP contribution >= 0.6 is 0 Å². The zero-order valence-corrected chi connectivity index (χ0v) is 9.79. The van der Waals surface area contributed by atoms with Crippen molar-refractivity contribution in [3.63, 3.8) is 0 Å². The fraction of sp³-hybridized carbons (Fsp3) is 0.417.